The van der Waals surface area contributed by atoms with Crippen LogP contribution in [0.2, 0.25) is 0 Å². The molecule has 0 fully saturated rings. The van der Waals surface area contributed by atoms with Gasteiger partial charge in [-0.15, -0.1) is 11.8 Å². The van der Waals surface area contributed by atoms with Crippen LogP contribution < -0.4 is 0 Å². The molecular formula is C15H20O3S. The second kappa shape index (κ2) is 7.34. The smallest absolute Gasteiger partial charge is 0.306 e. The van der Waals surface area contributed by atoms with E-state index in [-0.39, 0.29) is 17.0 Å². The molecular weight excluding hydrogens is 260 g/mol. The minimum atomic E-state index is -0.238. The zero-order valence-corrected chi connectivity index (χ0v) is 12.7. The number of ether oxygens (including phenoxy) is 1. The lowest BCUT2D eigenvalue weighted by Gasteiger charge is -2.11. The van der Waals surface area contributed by atoms with Gasteiger partial charge in [-0.2, -0.15) is 0 Å². The summed E-state index contributed by atoms with van der Waals surface area (Å²) in [6.45, 7) is 5.90. The van der Waals surface area contributed by atoms with Crippen molar-refractivity contribution in [3.8, 4) is 0 Å². The van der Waals surface area contributed by atoms with Gasteiger partial charge in [-0.3, -0.25) is 9.59 Å². The number of ketones is 1. The molecule has 0 aliphatic carbocycles. The fourth-order valence-corrected chi connectivity index (χ4v) is 2.55. The molecule has 0 radical (unpaired) electrons. The van der Waals surface area contributed by atoms with Crippen LogP contribution in [0.25, 0.3) is 0 Å². The maximum atomic E-state index is 12.2. The van der Waals surface area contributed by atoms with Crippen molar-refractivity contribution < 1.29 is 14.3 Å². The van der Waals surface area contributed by atoms with E-state index in [1.165, 1.54) is 24.4 Å². The Morgan fingerprint density at radius 2 is 1.95 bits per heavy atom. The van der Waals surface area contributed by atoms with Gasteiger partial charge in [0.15, 0.2) is 5.78 Å². The van der Waals surface area contributed by atoms with Crippen LogP contribution in [0.15, 0.2) is 18.2 Å². The third-order valence-corrected chi connectivity index (χ3v) is 4.22. The molecule has 0 saturated heterocycles. The Hall–Kier alpha value is -1.29. The quantitative estimate of drug-likeness (QED) is 0.593. The Labute approximate surface area is 118 Å². The summed E-state index contributed by atoms with van der Waals surface area (Å²) in [5, 5.41) is -0.147. The average Bonchev–Trinajstić information content (AvgIpc) is 2.40. The van der Waals surface area contributed by atoms with Crippen LogP contribution in [0.1, 0.15) is 34.8 Å². The van der Waals surface area contributed by atoms with E-state index in [1.54, 1.807) is 0 Å². The first-order valence-corrected chi connectivity index (χ1v) is 7.30. The molecule has 0 aliphatic rings. The maximum absolute atomic E-state index is 12.2. The van der Waals surface area contributed by atoms with Crippen molar-refractivity contribution in [2.24, 2.45) is 0 Å². The summed E-state index contributed by atoms with van der Waals surface area (Å²) in [6, 6.07) is 5.76. The third-order valence-electron chi connectivity index (χ3n) is 3.06. The van der Waals surface area contributed by atoms with E-state index >= 15 is 0 Å². The van der Waals surface area contributed by atoms with E-state index in [4.69, 9.17) is 0 Å². The summed E-state index contributed by atoms with van der Waals surface area (Å²) in [5.74, 6) is 0.473. The minimum Gasteiger partial charge on any atom is -0.469 e. The first-order chi connectivity index (χ1) is 8.95. The highest BCUT2D eigenvalue weighted by atomic mass is 32.2. The van der Waals surface area contributed by atoms with Crippen LogP contribution in [-0.4, -0.2) is 29.9 Å². The number of benzene rings is 1. The van der Waals surface area contributed by atoms with Crippen LogP contribution in [-0.2, 0) is 9.53 Å². The van der Waals surface area contributed by atoms with Gasteiger partial charge in [0, 0.05) is 11.3 Å². The molecule has 0 saturated carbocycles. The number of thioether (sulfide) groups is 1. The Morgan fingerprint density at radius 3 is 2.53 bits per heavy atom. The second-order valence-electron chi connectivity index (χ2n) is 4.50. The number of hydrogen-bond acceptors (Lipinski definition) is 4. The lowest BCUT2D eigenvalue weighted by Crippen LogP contribution is -2.15. The van der Waals surface area contributed by atoms with Gasteiger partial charge >= 0.3 is 5.97 Å². The van der Waals surface area contributed by atoms with Crippen molar-refractivity contribution in [2.45, 2.75) is 32.4 Å². The topological polar surface area (TPSA) is 43.4 Å². The average molecular weight is 280 g/mol. The molecule has 1 aromatic carbocycles. The van der Waals surface area contributed by atoms with Gasteiger partial charge in [-0.1, -0.05) is 12.1 Å². The maximum Gasteiger partial charge on any atom is 0.306 e. The molecule has 1 aromatic rings. The van der Waals surface area contributed by atoms with Crippen LogP contribution >= 0.6 is 11.8 Å². The Bertz CT molecular complexity index is 468. The first-order valence-electron chi connectivity index (χ1n) is 6.25. The highest BCUT2D eigenvalue weighted by Gasteiger charge is 2.16. The Morgan fingerprint density at radius 1 is 1.26 bits per heavy atom. The molecule has 1 rings (SSSR count). The number of hydrogen-bond donors (Lipinski definition) is 0. The monoisotopic (exact) mass is 280 g/mol. The highest BCUT2D eigenvalue weighted by Crippen LogP contribution is 2.19. The summed E-state index contributed by atoms with van der Waals surface area (Å²) in [4.78, 5) is 23.2. The molecule has 4 heteroatoms. The number of carbonyl (C=O) groups excluding carboxylic acids is 2. The van der Waals surface area contributed by atoms with E-state index in [2.05, 4.69) is 4.74 Å². The van der Waals surface area contributed by atoms with Gasteiger partial charge < -0.3 is 4.74 Å². The molecule has 19 heavy (non-hydrogen) atoms. The van der Waals surface area contributed by atoms with Crippen molar-refractivity contribution in [1.82, 2.24) is 0 Å². The third kappa shape index (κ3) is 4.71. The van der Waals surface area contributed by atoms with E-state index in [0.29, 0.717) is 12.2 Å². The van der Waals surface area contributed by atoms with Crippen molar-refractivity contribution in [1.29, 1.82) is 0 Å². The van der Waals surface area contributed by atoms with Gasteiger partial charge in [-0.05, 0) is 38.0 Å². The van der Waals surface area contributed by atoms with E-state index < -0.39 is 0 Å². The summed E-state index contributed by atoms with van der Waals surface area (Å²) in [7, 11) is 1.37. The number of methoxy groups -OCH3 is 1. The van der Waals surface area contributed by atoms with E-state index in [0.717, 1.165) is 11.1 Å². The van der Waals surface area contributed by atoms with Gasteiger partial charge in [0.05, 0.1) is 18.8 Å². The number of Topliss-reactive ketones (excluding diaryl/α,β-unsaturated/α-hetero) is 1. The fourth-order valence-electron chi connectivity index (χ4n) is 1.63. The van der Waals surface area contributed by atoms with Gasteiger partial charge in [0.25, 0.3) is 0 Å². The van der Waals surface area contributed by atoms with E-state index in [1.807, 2.05) is 39.0 Å². The number of aryl methyl sites for hydroxylation is 2. The lowest BCUT2D eigenvalue weighted by atomic mass is 10.0. The molecule has 0 aromatic heterocycles. The molecule has 1 unspecified atom stereocenters. The molecule has 0 N–H and O–H groups in total. The SMILES string of the molecule is COC(=O)CCSC(C)C(=O)c1ccc(C)c(C)c1. The second-order valence-corrected chi connectivity index (χ2v) is 5.95. The zero-order chi connectivity index (χ0) is 14.4. The van der Waals surface area contributed by atoms with Gasteiger partial charge in [0.1, 0.15) is 0 Å². The number of esters is 1. The molecule has 0 aliphatic heterocycles. The van der Waals surface area contributed by atoms with E-state index in [9.17, 15) is 9.59 Å². The lowest BCUT2D eigenvalue weighted by molar-refractivity contribution is -0.140. The van der Waals surface area contributed by atoms with Crippen LogP contribution in [0.3, 0.4) is 0 Å². The number of carbonyl (C=O) groups is 2. The summed E-state index contributed by atoms with van der Waals surface area (Å²) in [6.07, 6.45) is 0.339. The van der Waals surface area contributed by atoms with Crippen LogP contribution in [0.5, 0.6) is 0 Å². The predicted molar refractivity (Wildman–Crippen MR) is 78.8 cm³/mol. The molecule has 0 spiro atoms. The number of rotatable bonds is 6. The summed E-state index contributed by atoms with van der Waals surface area (Å²) in [5.41, 5.74) is 3.04. The Kier molecular flexibility index (Phi) is 6.09. The first kappa shape index (κ1) is 15.8. The van der Waals surface area contributed by atoms with Gasteiger partial charge in [-0.25, -0.2) is 0 Å². The Balaban J connectivity index is 2.56. The normalized spacial score (nSPS) is 12.0. The predicted octanol–water partition coefficient (Wildman–Crippen LogP) is 3.17. The van der Waals surface area contributed by atoms with Crippen LogP contribution in [0.4, 0.5) is 0 Å². The van der Waals surface area contributed by atoms with Gasteiger partial charge in [0.2, 0.25) is 0 Å². The molecule has 0 amide bonds. The molecule has 0 bridgehead atoms. The molecule has 104 valence electrons. The zero-order valence-electron chi connectivity index (χ0n) is 11.9. The minimum absolute atomic E-state index is 0.109. The van der Waals surface area contributed by atoms with Crippen molar-refractivity contribution in [2.75, 3.05) is 12.9 Å². The molecule has 3 nitrogen and oxygen atoms in total. The van der Waals surface area contributed by atoms with Crippen molar-refractivity contribution in [3.63, 3.8) is 0 Å². The van der Waals surface area contributed by atoms with Crippen LogP contribution in [0, 0.1) is 13.8 Å². The summed E-state index contributed by atoms with van der Waals surface area (Å²) < 4.78 is 4.57. The summed E-state index contributed by atoms with van der Waals surface area (Å²) >= 11 is 1.48. The standard InChI is InChI=1S/C15H20O3S/c1-10-5-6-13(9-11(10)2)15(17)12(3)19-8-7-14(16)18-4/h5-6,9,12H,7-8H2,1-4H3. The molecule has 1 atom stereocenters. The largest absolute Gasteiger partial charge is 0.469 e. The highest BCUT2D eigenvalue weighted by molar-refractivity contribution is 8.00. The fraction of sp³-hybridized carbons (Fsp3) is 0.467. The van der Waals surface area contributed by atoms with Crippen molar-refractivity contribution >= 4 is 23.5 Å². The van der Waals surface area contributed by atoms with Crippen molar-refractivity contribution in [3.05, 3.63) is 34.9 Å². The molecule has 0 heterocycles.